The number of carbonyl (C=O) groups is 3. The quantitative estimate of drug-likeness (QED) is 0.565. The van der Waals surface area contributed by atoms with Crippen LogP contribution in [0.15, 0.2) is 29.2 Å². The number of hydrogen-bond donors (Lipinski definition) is 0. The maximum atomic E-state index is 12.4. The van der Waals surface area contributed by atoms with Gasteiger partial charge >= 0.3 is 5.97 Å². The number of nitrogens with zero attached hydrogens (tertiary/aromatic N) is 2. The van der Waals surface area contributed by atoms with Gasteiger partial charge in [0.15, 0.2) is 0 Å². The minimum Gasteiger partial charge on any atom is -0.462 e. The van der Waals surface area contributed by atoms with Gasteiger partial charge in [0.25, 0.3) is 11.1 Å². The molecule has 2 heterocycles. The number of anilines is 1. The Bertz CT molecular complexity index is 754. The van der Waals surface area contributed by atoms with Gasteiger partial charge in [-0.1, -0.05) is 12.1 Å². The number of benzene rings is 1. The van der Waals surface area contributed by atoms with Crippen molar-refractivity contribution < 1.29 is 23.9 Å². The number of amides is 2. The fourth-order valence-corrected chi connectivity index (χ4v) is 3.66. The molecule has 8 heteroatoms. The first-order valence-corrected chi connectivity index (χ1v) is 9.63. The molecule has 2 fully saturated rings. The minimum absolute atomic E-state index is 0.294. The van der Waals surface area contributed by atoms with Crippen LogP contribution in [0.4, 0.5) is 10.5 Å². The van der Waals surface area contributed by atoms with E-state index in [1.165, 1.54) is 0 Å². The fraction of sp³-hybridized carbons (Fsp3) is 0.421. The van der Waals surface area contributed by atoms with E-state index in [2.05, 4.69) is 4.90 Å². The van der Waals surface area contributed by atoms with Crippen LogP contribution >= 0.6 is 11.8 Å². The van der Waals surface area contributed by atoms with Crippen molar-refractivity contribution in [3.63, 3.8) is 0 Å². The summed E-state index contributed by atoms with van der Waals surface area (Å²) in [7, 11) is 0. The van der Waals surface area contributed by atoms with E-state index in [1.54, 1.807) is 19.9 Å². The normalized spacial score (nSPS) is 19.3. The molecule has 0 spiro atoms. The van der Waals surface area contributed by atoms with Gasteiger partial charge < -0.3 is 14.4 Å². The van der Waals surface area contributed by atoms with Crippen molar-refractivity contribution in [2.75, 3.05) is 37.7 Å². The van der Waals surface area contributed by atoms with E-state index in [0.717, 1.165) is 41.0 Å². The summed E-state index contributed by atoms with van der Waals surface area (Å²) in [4.78, 5) is 39.7. The third-order valence-electron chi connectivity index (χ3n) is 4.10. The third kappa shape index (κ3) is 4.90. The molecule has 144 valence electrons. The highest BCUT2D eigenvalue weighted by molar-refractivity contribution is 8.18. The second kappa shape index (κ2) is 8.58. The molecule has 27 heavy (non-hydrogen) atoms. The number of morpholine rings is 1. The predicted molar refractivity (Wildman–Crippen MR) is 103 cm³/mol. The van der Waals surface area contributed by atoms with Gasteiger partial charge in [-0.25, -0.2) is 0 Å². The van der Waals surface area contributed by atoms with Crippen molar-refractivity contribution >= 4 is 40.6 Å². The van der Waals surface area contributed by atoms with E-state index in [9.17, 15) is 14.4 Å². The van der Waals surface area contributed by atoms with Crippen LogP contribution in [0.2, 0.25) is 0 Å². The number of hydrogen-bond acceptors (Lipinski definition) is 7. The molecule has 2 aliphatic rings. The van der Waals surface area contributed by atoms with Crippen LogP contribution in [0.5, 0.6) is 0 Å². The van der Waals surface area contributed by atoms with E-state index < -0.39 is 17.1 Å². The topological polar surface area (TPSA) is 76.2 Å². The van der Waals surface area contributed by atoms with Gasteiger partial charge in [-0.05, 0) is 49.4 Å². The molecule has 0 atom stereocenters. The van der Waals surface area contributed by atoms with Crippen LogP contribution in [0, 0.1) is 0 Å². The summed E-state index contributed by atoms with van der Waals surface area (Å²) >= 11 is 0.834. The van der Waals surface area contributed by atoms with Crippen LogP contribution in [0.25, 0.3) is 6.08 Å². The molecule has 0 radical (unpaired) electrons. The molecule has 0 unspecified atom stereocenters. The largest absolute Gasteiger partial charge is 0.462 e. The van der Waals surface area contributed by atoms with E-state index in [0.29, 0.717) is 18.1 Å². The van der Waals surface area contributed by atoms with Crippen LogP contribution in [0.3, 0.4) is 0 Å². The second-order valence-electron chi connectivity index (χ2n) is 6.50. The number of esters is 1. The Hall–Kier alpha value is -2.32. The van der Waals surface area contributed by atoms with E-state index in [4.69, 9.17) is 9.47 Å². The molecular weight excluding hydrogens is 368 g/mol. The average Bonchev–Trinajstić information content (AvgIpc) is 2.90. The number of imide groups is 1. The van der Waals surface area contributed by atoms with E-state index in [-0.39, 0.29) is 12.6 Å². The zero-order valence-electron chi connectivity index (χ0n) is 15.3. The molecule has 3 rings (SSSR count). The van der Waals surface area contributed by atoms with Crippen molar-refractivity contribution in [1.82, 2.24) is 4.90 Å². The molecule has 0 bridgehead atoms. The van der Waals surface area contributed by atoms with Crippen LogP contribution in [-0.4, -0.2) is 61.0 Å². The minimum atomic E-state index is -0.594. The molecule has 2 aliphatic heterocycles. The standard InChI is InChI=1S/C19H22N2O5S/c1-13(2)26-17(22)12-21-18(23)16(27-19(21)24)11-14-3-5-15(6-4-14)20-7-9-25-10-8-20/h3-6,11,13H,7-10,12H2,1-2H3/b16-11+. The first kappa shape index (κ1) is 19.4. The van der Waals surface area contributed by atoms with Crippen LogP contribution in [-0.2, 0) is 19.1 Å². The fourth-order valence-electron chi connectivity index (χ4n) is 2.82. The number of ether oxygens (including phenoxy) is 2. The van der Waals surface area contributed by atoms with Crippen LogP contribution < -0.4 is 4.90 Å². The lowest BCUT2D eigenvalue weighted by molar-refractivity contribution is -0.149. The zero-order valence-corrected chi connectivity index (χ0v) is 16.2. The lowest BCUT2D eigenvalue weighted by Crippen LogP contribution is -2.36. The molecule has 0 aliphatic carbocycles. The van der Waals surface area contributed by atoms with Crippen molar-refractivity contribution in [3.05, 3.63) is 34.7 Å². The van der Waals surface area contributed by atoms with Gasteiger partial charge in [0.2, 0.25) is 0 Å². The molecule has 7 nitrogen and oxygen atoms in total. The van der Waals surface area contributed by atoms with Crippen LogP contribution in [0.1, 0.15) is 19.4 Å². The Morgan fingerprint density at radius 3 is 2.52 bits per heavy atom. The smallest absolute Gasteiger partial charge is 0.326 e. The lowest BCUT2D eigenvalue weighted by atomic mass is 10.1. The van der Waals surface area contributed by atoms with Gasteiger partial charge in [0.1, 0.15) is 6.54 Å². The third-order valence-corrected chi connectivity index (χ3v) is 5.00. The second-order valence-corrected chi connectivity index (χ2v) is 7.49. The van der Waals surface area contributed by atoms with Crippen molar-refractivity contribution in [2.45, 2.75) is 20.0 Å². The molecule has 1 aromatic rings. The number of carbonyl (C=O) groups excluding carboxylic acids is 3. The first-order valence-electron chi connectivity index (χ1n) is 8.81. The molecule has 0 saturated carbocycles. The Kier molecular flexibility index (Phi) is 6.18. The molecule has 2 saturated heterocycles. The molecule has 2 amide bonds. The molecule has 0 aromatic heterocycles. The van der Waals surface area contributed by atoms with Crippen molar-refractivity contribution in [2.24, 2.45) is 0 Å². The first-order chi connectivity index (χ1) is 12.9. The Labute approximate surface area is 162 Å². The van der Waals surface area contributed by atoms with Gasteiger partial charge in [0.05, 0.1) is 24.2 Å². The zero-order chi connectivity index (χ0) is 19.4. The van der Waals surface area contributed by atoms with Gasteiger partial charge in [-0.2, -0.15) is 0 Å². The van der Waals surface area contributed by atoms with Crippen molar-refractivity contribution in [1.29, 1.82) is 0 Å². The van der Waals surface area contributed by atoms with E-state index in [1.807, 2.05) is 24.3 Å². The lowest BCUT2D eigenvalue weighted by Gasteiger charge is -2.28. The summed E-state index contributed by atoms with van der Waals surface area (Å²) in [6, 6.07) is 7.79. The van der Waals surface area contributed by atoms with Gasteiger partial charge in [-0.3, -0.25) is 19.3 Å². The number of rotatable bonds is 5. The summed E-state index contributed by atoms with van der Waals surface area (Å²) in [5, 5.41) is -0.461. The highest BCUT2D eigenvalue weighted by atomic mass is 32.2. The summed E-state index contributed by atoms with van der Waals surface area (Å²) in [5.74, 6) is -1.06. The Morgan fingerprint density at radius 2 is 1.89 bits per heavy atom. The highest BCUT2D eigenvalue weighted by Crippen LogP contribution is 2.32. The monoisotopic (exact) mass is 390 g/mol. The molecule has 1 aromatic carbocycles. The maximum absolute atomic E-state index is 12.4. The SMILES string of the molecule is CC(C)OC(=O)CN1C(=O)S/C(=C/c2ccc(N3CCOCC3)cc2)C1=O. The van der Waals surface area contributed by atoms with E-state index >= 15 is 0 Å². The summed E-state index contributed by atoms with van der Waals surface area (Å²) in [5.41, 5.74) is 1.92. The summed E-state index contributed by atoms with van der Waals surface area (Å²) in [6.45, 7) is 6.20. The van der Waals surface area contributed by atoms with Gasteiger partial charge in [0, 0.05) is 18.8 Å². The van der Waals surface area contributed by atoms with Crippen molar-refractivity contribution in [3.8, 4) is 0 Å². The average molecular weight is 390 g/mol. The van der Waals surface area contributed by atoms with Gasteiger partial charge in [-0.15, -0.1) is 0 Å². The number of thioether (sulfide) groups is 1. The maximum Gasteiger partial charge on any atom is 0.326 e. The molecular formula is C19H22N2O5S. The summed E-state index contributed by atoms with van der Waals surface area (Å²) in [6.07, 6.45) is 1.37. The molecule has 0 N–H and O–H groups in total. The summed E-state index contributed by atoms with van der Waals surface area (Å²) < 4.78 is 10.4. The Balaban J connectivity index is 1.67. The Morgan fingerprint density at radius 1 is 1.22 bits per heavy atom. The predicted octanol–water partition coefficient (Wildman–Crippen LogP) is 2.51. The highest BCUT2D eigenvalue weighted by Gasteiger charge is 2.36.